The van der Waals surface area contributed by atoms with Crippen LogP contribution in [-0.4, -0.2) is 23.3 Å². The lowest BCUT2D eigenvalue weighted by atomic mass is 9.79. The van der Waals surface area contributed by atoms with E-state index in [0.717, 1.165) is 25.7 Å². The third kappa shape index (κ3) is 3.39. The minimum absolute atomic E-state index is 0.163. The molecule has 17 heavy (non-hydrogen) atoms. The average molecular weight is 257 g/mol. The number of rotatable bonds is 4. The molecule has 2 amide bonds. The first-order valence-electron chi connectivity index (χ1n) is 5.85. The smallest absolute Gasteiger partial charge is 0.236 e. The maximum Gasteiger partial charge on any atom is 0.236 e. The van der Waals surface area contributed by atoms with Gasteiger partial charge in [0.1, 0.15) is 0 Å². The zero-order valence-electron chi connectivity index (χ0n) is 9.83. The molecule has 0 heterocycles. The predicted octanol–water partition coefficient (Wildman–Crippen LogP) is 0.215. The molecule has 1 saturated carbocycles. The summed E-state index contributed by atoms with van der Waals surface area (Å²) in [6.45, 7) is -0.163. The van der Waals surface area contributed by atoms with Crippen LogP contribution in [0.15, 0.2) is 0 Å². The van der Waals surface area contributed by atoms with Gasteiger partial charge in [0.05, 0.1) is 16.9 Å². The molecule has 1 fully saturated rings. The van der Waals surface area contributed by atoms with Gasteiger partial charge in [0.25, 0.3) is 0 Å². The molecule has 5 N–H and O–H groups in total. The van der Waals surface area contributed by atoms with Crippen molar-refractivity contribution >= 4 is 29.0 Å². The van der Waals surface area contributed by atoms with Crippen LogP contribution in [0.3, 0.4) is 0 Å². The minimum Gasteiger partial charge on any atom is -0.392 e. The van der Waals surface area contributed by atoms with E-state index in [2.05, 4.69) is 5.32 Å². The second kappa shape index (κ2) is 5.95. The topological polar surface area (TPSA) is 98.2 Å². The SMILES string of the molecule is NC(=O)CNC(=O)C1(C(N)=S)CCCCCC1. The molecular formula is C11H19N3O2S. The van der Waals surface area contributed by atoms with E-state index in [1.165, 1.54) is 0 Å². The van der Waals surface area contributed by atoms with Gasteiger partial charge in [-0.25, -0.2) is 0 Å². The van der Waals surface area contributed by atoms with E-state index < -0.39 is 11.3 Å². The summed E-state index contributed by atoms with van der Waals surface area (Å²) in [6.07, 6.45) is 5.36. The van der Waals surface area contributed by atoms with E-state index in [9.17, 15) is 9.59 Å². The zero-order valence-corrected chi connectivity index (χ0v) is 10.6. The number of hydrogen-bond acceptors (Lipinski definition) is 3. The molecular weight excluding hydrogens is 238 g/mol. The zero-order chi connectivity index (χ0) is 12.9. The van der Waals surface area contributed by atoms with Gasteiger partial charge in [-0.2, -0.15) is 0 Å². The maximum atomic E-state index is 12.1. The highest BCUT2D eigenvalue weighted by atomic mass is 32.1. The van der Waals surface area contributed by atoms with E-state index in [4.69, 9.17) is 23.7 Å². The Morgan fingerprint density at radius 3 is 2.06 bits per heavy atom. The van der Waals surface area contributed by atoms with Crippen molar-refractivity contribution in [2.24, 2.45) is 16.9 Å². The summed E-state index contributed by atoms with van der Waals surface area (Å²) < 4.78 is 0. The Balaban J connectivity index is 2.78. The minimum atomic E-state index is -0.790. The summed E-state index contributed by atoms with van der Waals surface area (Å²) in [5.41, 5.74) is 9.95. The molecule has 5 nitrogen and oxygen atoms in total. The fraction of sp³-hybridized carbons (Fsp3) is 0.727. The summed E-state index contributed by atoms with van der Waals surface area (Å²) >= 11 is 5.04. The van der Waals surface area contributed by atoms with Gasteiger partial charge < -0.3 is 16.8 Å². The molecule has 0 aromatic heterocycles. The van der Waals surface area contributed by atoms with Crippen LogP contribution >= 0.6 is 12.2 Å². The van der Waals surface area contributed by atoms with Gasteiger partial charge >= 0.3 is 0 Å². The number of amides is 2. The Hall–Kier alpha value is -1.17. The maximum absolute atomic E-state index is 12.1. The molecule has 0 aliphatic heterocycles. The fourth-order valence-corrected chi connectivity index (χ4v) is 2.55. The lowest BCUT2D eigenvalue weighted by molar-refractivity contribution is -0.130. The standard InChI is InChI=1S/C11H19N3O2S/c12-8(15)7-14-10(16)11(9(13)17)5-3-1-2-4-6-11/h1-7H2,(H2,12,15)(H2,13,17)(H,14,16). The first-order chi connectivity index (χ1) is 7.99. The Kier molecular flexibility index (Phi) is 4.86. The molecule has 1 aliphatic rings. The molecule has 96 valence electrons. The molecule has 0 bridgehead atoms. The van der Waals surface area contributed by atoms with Crippen LogP contribution in [0.4, 0.5) is 0 Å². The molecule has 0 aromatic carbocycles. The van der Waals surface area contributed by atoms with Crippen LogP contribution < -0.4 is 16.8 Å². The highest BCUT2D eigenvalue weighted by molar-refractivity contribution is 7.80. The summed E-state index contributed by atoms with van der Waals surface area (Å²) in [6, 6.07) is 0. The quantitative estimate of drug-likeness (QED) is 0.495. The first-order valence-corrected chi connectivity index (χ1v) is 6.26. The monoisotopic (exact) mass is 257 g/mol. The van der Waals surface area contributed by atoms with Crippen molar-refractivity contribution in [1.29, 1.82) is 0 Å². The first kappa shape index (κ1) is 13.9. The molecule has 1 aliphatic carbocycles. The van der Waals surface area contributed by atoms with Crippen LogP contribution in [0, 0.1) is 5.41 Å². The van der Waals surface area contributed by atoms with E-state index in [-0.39, 0.29) is 17.4 Å². The Bertz CT molecular complexity index is 323. The summed E-state index contributed by atoms with van der Waals surface area (Å²) in [5, 5.41) is 2.52. The van der Waals surface area contributed by atoms with Gasteiger partial charge in [0.15, 0.2) is 0 Å². The van der Waals surface area contributed by atoms with Crippen molar-refractivity contribution in [2.45, 2.75) is 38.5 Å². The highest BCUT2D eigenvalue weighted by Gasteiger charge is 2.41. The van der Waals surface area contributed by atoms with Gasteiger partial charge in [-0.1, -0.05) is 37.9 Å². The normalized spacial score (nSPS) is 19.1. The number of hydrogen-bond donors (Lipinski definition) is 3. The molecule has 0 atom stereocenters. The Morgan fingerprint density at radius 1 is 1.12 bits per heavy atom. The summed E-state index contributed by atoms with van der Waals surface area (Å²) in [5.74, 6) is -0.823. The molecule has 0 aromatic rings. The number of nitrogens with two attached hydrogens (primary N) is 2. The highest BCUT2D eigenvalue weighted by Crippen LogP contribution is 2.35. The lowest BCUT2D eigenvalue weighted by Gasteiger charge is -2.29. The van der Waals surface area contributed by atoms with Gasteiger partial charge in [0, 0.05) is 0 Å². The molecule has 0 spiro atoms. The van der Waals surface area contributed by atoms with Crippen molar-refractivity contribution in [3.8, 4) is 0 Å². The lowest BCUT2D eigenvalue weighted by Crippen LogP contribution is -2.50. The number of primary amides is 1. The largest absolute Gasteiger partial charge is 0.392 e. The summed E-state index contributed by atoms with van der Waals surface area (Å²) in [7, 11) is 0. The van der Waals surface area contributed by atoms with E-state index in [0.29, 0.717) is 12.8 Å². The van der Waals surface area contributed by atoms with Crippen LogP contribution in [0.5, 0.6) is 0 Å². The van der Waals surface area contributed by atoms with Gasteiger partial charge in [-0.15, -0.1) is 0 Å². The third-order valence-corrected chi connectivity index (χ3v) is 3.68. The predicted molar refractivity (Wildman–Crippen MR) is 69.1 cm³/mol. The second-order valence-electron chi connectivity index (χ2n) is 4.51. The number of carbonyl (C=O) groups excluding carboxylic acids is 2. The summed E-state index contributed by atoms with van der Waals surface area (Å²) in [4.78, 5) is 23.0. The molecule has 0 radical (unpaired) electrons. The number of nitrogens with one attached hydrogen (secondary N) is 1. The van der Waals surface area contributed by atoms with E-state index >= 15 is 0 Å². The molecule has 6 heteroatoms. The molecule has 1 rings (SSSR count). The van der Waals surface area contributed by atoms with Crippen LogP contribution in [0.2, 0.25) is 0 Å². The van der Waals surface area contributed by atoms with Crippen molar-refractivity contribution in [1.82, 2.24) is 5.32 Å². The van der Waals surface area contributed by atoms with Gasteiger partial charge in [0.2, 0.25) is 11.8 Å². The van der Waals surface area contributed by atoms with Gasteiger partial charge in [-0.3, -0.25) is 9.59 Å². The van der Waals surface area contributed by atoms with Crippen LogP contribution in [0.1, 0.15) is 38.5 Å². The van der Waals surface area contributed by atoms with E-state index in [1.807, 2.05) is 0 Å². The molecule has 0 unspecified atom stereocenters. The van der Waals surface area contributed by atoms with E-state index in [1.54, 1.807) is 0 Å². The van der Waals surface area contributed by atoms with Crippen molar-refractivity contribution in [3.63, 3.8) is 0 Å². The van der Waals surface area contributed by atoms with Crippen molar-refractivity contribution < 1.29 is 9.59 Å². The Morgan fingerprint density at radius 2 is 1.65 bits per heavy atom. The molecule has 0 saturated heterocycles. The third-order valence-electron chi connectivity index (χ3n) is 3.29. The Labute approximate surface area is 106 Å². The fourth-order valence-electron chi connectivity index (χ4n) is 2.25. The van der Waals surface area contributed by atoms with Crippen molar-refractivity contribution in [2.75, 3.05) is 6.54 Å². The number of carbonyl (C=O) groups is 2. The van der Waals surface area contributed by atoms with Crippen LogP contribution in [-0.2, 0) is 9.59 Å². The second-order valence-corrected chi connectivity index (χ2v) is 4.95. The van der Waals surface area contributed by atoms with Crippen molar-refractivity contribution in [3.05, 3.63) is 0 Å². The van der Waals surface area contributed by atoms with Crippen LogP contribution in [0.25, 0.3) is 0 Å². The number of thiocarbonyl (C=S) groups is 1. The average Bonchev–Trinajstić information content (AvgIpc) is 2.51. The van der Waals surface area contributed by atoms with Gasteiger partial charge in [-0.05, 0) is 12.8 Å².